The Morgan fingerprint density at radius 1 is 1.00 bits per heavy atom. The van der Waals surface area contributed by atoms with Crippen LogP contribution >= 0.6 is 27.5 Å². The predicted octanol–water partition coefficient (Wildman–Crippen LogP) is 5.85. The van der Waals surface area contributed by atoms with Gasteiger partial charge in [0, 0.05) is 22.0 Å². The first-order chi connectivity index (χ1) is 11.0. The Labute approximate surface area is 150 Å². The largest absolute Gasteiger partial charge is 0.361 e. The van der Waals surface area contributed by atoms with Gasteiger partial charge in [0.1, 0.15) is 0 Å². The molecule has 0 amide bonds. The quantitative estimate of drug-likeness (QED) is 0.681. The summed E-state index contributed by atoms with van der Waals surface area (Å²) < 4.78 is 0.679. The van der Waals surface area contributed by atoms with Gasteiger partial charge in [-0.2, -0.15) is 0 Å². The van der Waals surface area contributed by atoms with Crippen molar-refractivity contribution in [2.75, 3.05) is 0 Å². The molecule has 3 rings (SSSR count). The number of halogens is 2. The van der Waals surface area contributed by atoms with E-state index < -0.39 is 0 Å². The Hall–Kier alpha value is -1.06. The van der Waals surface area contributed by atoms with Gasteiger partial charge in [0.15, 0.2) is 5.43 Å². The minimum atomic E-state index is 0.161. The molecule has 0 unspecified atom stereocenters. The van der Waals surface area contributed by atoms with E-state index in [2.05, 4.69) is 33.0 Å². The topological polar surface area (TPSA) is 32.9 Å². The molecule has 1 aliphatic rings. The summed E-state index contributed by atoms with van der Waals surface area (Å²) in [6.07, 6.45) is 4.37. The zero-order valence-electron chi connectivity index (χ0n) is 13.5. The lowest BCUT2D eigenvalue weighted by Gasteiger charge is -2.29. The number of pyridine rings is 1. The fourth-order valence-electron chi connectivity index (χ4n) is 3.80. The average molecular weight is 395 g/mol. The Morgan fingerprint density at radius 2 is 1.57 bits per heavy atom. The minimum absolute atomic E-state index is 0.161. The summed E-state index contributed by atoms with van der Waals surface area (Å²) in [5.41, 5.74) is 4.42. The summed E-state index contributed by atoms with van der Waals surface area (Å²) in [6.45, 7) is 3.95. The summed E-state index contributed by atoms with van der Waals surface area (Å²) >= 11 is 9.40. The van der Waals surface area contributed by atoms with E-state index >= 15 is 0 Å². The summed E-state index contributed by atoms with van der Waals surface area (Å²) in [7, 11) is 0. The lowest BCUT2D eigenvalue weighted by molar-refractivity contribution is 0.393. The van der Waals surface area contributed by atoms with Crippen molar-refractivity contribution in [1.82, 2.24) is 4.98 Å². The molecular formula is C19H21BrClNO. The third kappa shape index (κ3) is 3.41. The molecule has 1 N–H and O–H groups in total. The van der Waals surface area contributed by atoms with Gasteiger partial charge in [-0.1, -0.05) is 23.7 Å². The van der Waals surface area contributed by atoms with Crippen molar-refractivity contribution in [3.8, 4) is 0 Å². The van der Waals surface area contributed by atoms with Gasteiger partial charge in [0.2, 0.25) is 0 Å². The number of hydrogen-bond donors (Lipinski definition) is 1. The van der Waals surface area contributed by atoms with Crippen molar-refractivity contribution in [3.63, 3.8) is 0 Å². The molecule has 1 aromatic carbocycles. The van der Waals surface area contributed by atoms with Crippen molar-refractivity contribution < 1.29 is 0 Å². The summed E-state index contributed by atoms with van der Waals surface area (Å²) in [5.74, 6) is 0.941. The highest BCUT2D eigenvalue weighted by molar-refractivity contribution is 9.10. The summed E-state index contributed by atoms with van der Waals surface area (Å²) in [5, 5.41) is 0.786. The molecule has 1 aromatic heterocycles. The van der Waals surface area contributed by atoms with Gasteiger partial charge in [-0.05, 0) is 85.0 Å². The molecule has 2 aromatic rings. The van der Waals surface area contributed by atoms with Crippen molar-refractivity contribution in [2.24, 2.45) is 0 Å². The van der Waals surface area contributed by atoms with Crippen molar-refractivity contribution >= 4 is 27.5 Å². The minimum Gasteiger partial charge on any atom is -0.361 e. The van der Waals surface area contributed by atoms with E-state index in [-0.39, 0.29) is 5.43 Å². The second-order valence-electron chi connectivity index (χ2n) is 6.53. The van der Waals surface area contributed by atoms with Crippen LogP contribution in [0.3, 0.4) is 0 Å². The van der Waals surface area contributed by atoms with Crippen LogP contribution in [0, 0.1) is 13.8 Å². The Kier molecular flexibility index (Phi) is 4.98. The standard InChI is InChI=1S/C19H21BrClNO/c1-11-17(19(23)18(20)12(2)22-11)15-5-3-13(4-6-15)14-7-9-16(21)10-8-14/h7-10,13,15H,3-6H2,1-2H3,(H,22,23). The highest BCUT2D eigenvalue weighted by Gasteiger charge is 2.27. The fraction of sp³-hybridized carbons (Fsp3) is 0.421. The summed E-state index contributed by atoms with van der Waals surface area (Å²) in [6, 6.07) is 8.20. The van der Waals surface area contributed by atoms with Crippen LogP contribution in [0.15, 0.2) is 33.5 Å². The van der Waals surface area contributed by atoms with Gasteiger partial charge in [-0.25, -0.2) is 0 Å². The Morgan fingerprint density at radius 3 is 2.17 bits per heavy atom. The zero-order valence-corrected chi connectivity index (χ0v) is 15.8. The molecule has 0 spiro atoms. The SMILES string of the molecule is Cc1[nH]c(C)c(C2CCC(c3ccc(Cl)cc3)CC2)c(=O)c1Br. The second kappa shape index (κ2) is 6.82. The Balaban J connectivity index is 1.78. The van der Waals surface area contributed by atoms with E-state index in [0.717, 1.165) is 47.7 Å². The maximum absolute atomic E-state index is 12.6. The molecular weight excluding hydrogens is 374 g/mol. The number of benzene rings is 1. The maximum atomic E-state index is 12.6. The first-order valence-electron chi connectivity index (χ1n) is 8.11. The number of H-pyrrole nitrogens is 1. The van der Waals surface area contributed by atoms with E-state index in [9.17, 15) is 4.79 Å². The molecule has 23 heavy (non-hydrogen) atoms. The van der Waals surface area contributed by atoms with Crippen LogP contribution in [0.25, 0.3) is 0 Å². The molecule has 2 nitrogen and oxygen atoms in total. The number of aromatic amines is 1. The normalized spacial score (nSPS) is 21.4. The van der Waals surface area contributed by atoms with E-state index in [1.165, 1.54) is 5.56 Å². The highest BCUT2D eigenvalue weighted by atomic mass is 79.9. The molecule has 0 radical (unpaired) electrons. The predicted molar refractivity (Wildman–Crippen MR) is 99.6 cm³/mol. The van der Waals surface area contributed by atoms with E-state index in [1.807, 2.05) is 26.0 Å². The lowest BCUT2D eigenvalue weighted by atomic mass is 9.76. The number of aryl methyl sites for hydroxylation is 2. The number of hydrogen-bond acceptors (Lipinski definition) is 1. The molecule has 1 saturated carbocycles. The average Bonchev–Trinajstić information content (AvgIpc) is 2.54. The monoisotopic (exact) mass is 393 g/mol. The molecule has 1 heterocycles. The smallest absolute Gasteiger partial charge is 0.199 e. The summed E-state index contributed by atoms with van der Waals surface area (Å²) in [4.78, 5) is 15.9. The molecule has 4 heteroatoms. The van der Waals surface area contributed by atoms with E-state index in [4.69, 9.17) is 11.6 Å². The first-order valence-corrected chi connectivity index (χ1v) is 9.28. The molecule has 0 aliphatic heterocycles. The highest BCUT2D eigenvalue weighted by Crippen LogP contribution is 2.40. The third-order valence-corrected chi connectivity index (χ3v) is 6.24. The number of aromatic nitrogens is 1. The van der Waals surface area contributed by atoms with Crippen LogP contribution in [-0.4, -0.2) is 4.98 Å². The second-order valence-corrected chi connectivity index (χ2v) is 7.76. The van der Waals surface area contributed by atoms with Crippen LogP contribution in [0.1, 0.15) is 60.0 Å². The third-order valence-electron chi connectivity index (χ3n) is 5.03. The number of rotatable bonds is 2. The van der Waals surface area contributed by atoms with Crippen molar-refractivity contribution in [2.45, 2.75) is 51.4 Å². The zero-order chi connectivity index (χ0) is 16.6. The molecule has 0 saturated heterocycles. The Bertz CT molecular complexity index is 758. The van der Waals surface area contributed by atoms with Gasteiger partial charge >= 0.3 is 0 Å². The fourth-order valence-corrected chi connectivity index (χ4v) is 4.24. The van der Waals surface area contributed by atoms with Gasteiger partial charge < -0.3 is 4.98 Å². The molecule has 0 bridgehead atoms. The van der Waals surface area contributed by atoms with Gasteiger partial charge in [-0.3, -0.25) is 4.79 Å². The molecule has 1 aliphatic carbocycles. The van der Waals surface area contributed by atoms with Crippen LogP contribution in [-0.2, 0) is 0 Å². The maximum Gasteiger partial charge on any atom is 0.199 e. The van der Waals surface area contributed by atoms with Crippen LogP contribution in [0.2, 0.25) is 5.02 Å². The first kappa shape index (κ1) is 16.8. The number of nitrogens with one attached hydrogen (secondary N) is 1. The van der Waals surface area contributed by atoms with Gasteiger partial charge in [0.25, 0.3) is 0 Å². The molecule has 122 valence electrons. The molecule has 0 atom stereocenters. The lowest BCUT2D eigenvalue weighted by Crippen LogP contribution is -2.22. The van der Waals surface area contributed by atoms with Gasteiger partial charge in [-0.15, -0.1) is 0 Å². The van der Waals surface area contributed by atoms with Crippen LogP contribution in [0.5, 0.6) is 0 Å². The van der Waals surface area contributed by atoms with E-state index in [1.54, 1.807) is 0 Å². The van der Waals surface area contributed by atoms with Crippen LogP contribution < -0.4 is 5.43 Å². The molecule has 1 fully saturated rings. The van der Waals surface area contributed by atoms with Crippen molar-refractivity contribution in [3.05, 3.63) is 66.5 Å². The van der Waals surface area contributed by atoms with Gasteiger partial charge in [0.05, 0.1) is 4.47 Å². The van der Waals surface area contributed by atoms with Crippen molar-refractivity contribution in [1.29, 1.82) is 0 Å². The van der Waals surface area contributed by atoms with E-state index in [0.29, 0.717) is 16.3 Å². The van der Waals surface area contributed by atoms with Crippen LogP contribution in [0.4, 0.5) is 0 Å².